The van der Waals surface area contributed by atoms with Crippen molar-refractivity contribution in [1.29, 1.82) is 0 Å². The van der Waals surface area contributed by atoms with E-state index in [0.717, 1.165) is 16.7 Å². The maximum atomic E-state index is 9.46. The van der Waals surface area contributed by atoms with Crippen LogP contribution in [0.3, 0.4) is 0 Å². The third-order valence-corrected chi connectivity index (χ3v) is 5.79. The minimum atomic E-state index is -0.848. The molecule has 0 saturated heterocycles. The summed E-state index contributed by atoms with van der Waals surface area (Å²) in [5.74, 6) is 0.429. The van der Waals surface area contributed by atoms with E-state index in [2.05, 4.69) is 26.3 Å². The Morgan fingerprint density at radius 1 is 0.629 bits per heavy atom. The molecule has 0 fully saturated rings. The normalized spacial score (nSPS) is 11.5. The van der Waals surface area contributed by atoms with E-state index in [1.807, 2.05) is 81.4 Å². The van der Waals surface area contributed by atoms with Crippen LogP contribution in [-0.4, -0.2) is 10.2 Å². The van der Waals surface area contributed by atoms with Crippen molar-refractivity contribution in [3.05, 3.63) is 146 Å². The van der Waals surface area contributed by atoms with Gasteiger partial charge in [0.25, 0.3) is 0 Å². The minimum absolute atomic E-state index is 0.136. The third-order valence-electron chi connectivity index (χ3n) is 5.79. The highest BCUT2D eigenvalue weighted by Gasteiger charge is 2.37. The van der Waals surface area contributed by atoms with Gasteiger partial charge in [-0.15, -0.1) is 0 Å². The Bertz CT molecular complexity index is 1060. The summed E-state index contributed by atoms with van der Waals surface area (Å²) >= 11 is 0. The maximum Gasteiger partial charge on any atom is 0.131 e. The Morgan fingerprint density at radius 2 is 1.03 bits per heavy atom. The van der Waals surface area contributed by atoms with Gasteiger partial charge in [-0.3, -0.25) is 0 Å². The molecule has 0 aliphatic carbocycles. The van der Waals surface area contributed by atoms with Gasteiger partial charge in [-0.05, 0) is 34.7 Å². The minimum Gasteiger partial charge on any atom is -0.508 e. The first-order chi connectivity index (χ1) is 16.6. The Balaban J connectivity index is 0.000000303. The van der Waals surface area contributed by atoms with Crippen molar-refractivity contribution in [3.8, 4) is 11.5 Å². The molecule has 0 bridgehead atoms. The molecule has 0 spiro atoms. The smallest absolute Gasteiger partial charge is 0.131 e. The van der Waals surface area contributed by atoms with Crippen molar-refractivity contribution >= 4 is 0 Å². The number of rotatable bonds is 8. The zero-order valence-electron chi connectivity index (χ0n) is 20.9. The van der Waals surface area contributed by atoms with E-state index in [0.29, 0.717) is 0 Å². The summed E-state index contributed by atoms with van der Waals surface area (Å²) in [4.78, 5) is 0. The topological polar surface area (TPSA) is 49.7 Å². The van der Waals surface area contributed by atoms with E-state index >= 15 is 0 Å². The zero-order chi connectivity index (χ0) is 26.1. The monoisotopic (exact) mass is 468 g/mol. The van der Waals surface area contributed by atoms with Gasteiger partial charge in [0.2, 0.25) is 0 Å². The van der Waals surface area contributed by atoms with Crippen molar-refractivity contribution in [3.63, 3.8) is 0 Å². The summed E-state index contributed by atoms with van der Waals surface area (Å²) in [6.07, 6.45) is 7.00. The van der Waals surface area contributed by atoms with E-state index < -0.39 is 11.2 Å². The summed E-state index contributed by atoms with van der Waals surface area (Å²) in [6, 6.07) is 24.3. The first-order valence-electron chi connectivity index (χ1n) is 11.5. The van der Waals surface area contributed by atoms with Crippen LogP contribution in [0.5, 0.6) is 11.5 Å². The first-order valence-corrected chi connectivity index (χ1v) is 11.5. The average Bonchev–Trinajstić information content (AvgIpc) is 2.88. The standard InChI is InChI=1S/C22H22O.C10H14O2/c1-5-21(6-2,19-15-11-9-12-16-19)23-22(7-3,8-4)20-17-13-10-14-18-20;1-10(2,3)8-6-7(11)4-5-9(8)12/h5-18H,1-4H2;4-6,11-12H,1-3H3. The van der Waals surface area contributed by atoms with E-state index in [-0.39, 0.29) is 16.9 Å². The Kier molecular flexibility index (Phi) is 9.05. The fraction of sp³-hybridized carbons (Fsp3) is 0.188. The van der Waals surface area contributed by atoms with Gasteiger partial charge in [-0.25, -0.2) is 0 Å². The van der Waals surface area contributed by atoms with Crippen LogP contribution in [0.15, 0.2) is 129 Å². The van der Waals surface area contributed by atoms with Crippen molar-refractivity contribution in [1.82, 2.24) is 0 Å². The molecule has 3 nitrogen and oxygen atoms in total. The fourth-order valence-electron chi connectivity index (χ4n) is 3.72. The molecular weight excluding hydrogens is 432 g/mol. The molecule has 3 rings (SSSR count). The van der Waals surface area contributed by atoms with E-state index in [4.69, 9.17) is 4.74 Å². The molecule has 0 heterocycles. The lowest BCUT2D eigenvalue weighted by Crippen LogP contribution is -2.36. The number of ether oxygens (including phenoxy) is 1. The van der Waals surface area contributed by atoms with Gasteiger partial charge in [0.15, 0.2) is 0 Å². The van der Waals surface area contributed by atoms with Crippen LogP contribution in [0.25, 0.3) is 0 Å². The molecule has 182 valence electrons. The van der Waals surface area contributed by atoms with Crippen LogP contribution in [0.1, 0.15) is 37.5 Å². The second kappa shape index (κ2) is 11.5. The molecule has 0 radical (unpaired) electrons. The van der Waals surface area contributed by atoms with Crippen LogP contribution in [0, 0.1) is 0 Å². The molecule has 35 heavy (non-hydrogen) atoms. The second-order valence-electron chi connectivity index (χ2n) is 9.19. The summed E-state index contributed by atoms with van der Waals surface area (Å²) in [5, 5.41) is 18.6. The van der Waals surface area contributed by atoms with Gasteiger partial charge in [-0.2, -0.15) is 0 Å². The van der Waals surface area contributed by atoms with Crippen LogP contribution in [0.2, 0.25) is 0 Å². The highest BCUT2D eigenvalue weighted by atomic mass is 16.5. The van der Waals surface area contributed by atoms with Crippen LogP contribution >= 0.6 is 0 Å². The largest absolute Gasteiger partial charge is 0.508 e. The predicted molar refractivity (Wildman–Crippen MR) is 147 cm³/mol. The van der Waals surface area contributed by atoms with E-state index in [9.17, 15) is 10.2 Å². The quantitative estimate of drug-likeness (QED) is 0.261. The third kappa shape index (κ3) is 6.40. The van der Waals surface area contributed by atoms with E-state index in [1.54, 1.807) is 30.4 Å². The molecule has 0 saturated carbocycles. The molecule has 0 amide bonds. The van der Waals surface area contributed by atoms with Gasteiger partial charge in [-0.1, -0.05) is 132 Å². The van der Waals surface area contributed by atoms with Crippen LogP contribution < -0.4 is 0 Å². The van der Waals surface area contributed by atoms with Crippen LogP contribution in [-0.2, 0) is 21.4 Å². The highest BCUT2D eigenvalue weighted by molar-refractivity contribution is 5.42. The number of benzene rings is 3. The number of hydrogen-bond acceptors (Lipinski definition) is 3. The molecular formula is C32H36O3. The van der Waals surface area contributed by atoms with E-state index in [1.165, 1.54) is 12.1 Å². The summed E-state index contributed by atoms with van der Waals surface area (Å²) in [7, 11) is 0. The Morgan fingerprint density at radius 3 is 1.34 bits per heavy atom. The van der Waals surface area contributed by atoms with Gasteiger partial charge < -0.3 is 14.9 Å². The average molecular weight is 469 g/mol. The molecule has 0 aliphatic rings. The molecule has 2 N–H and O–H groups in total. The lowest BCUT2D eigenvalue weighted by Gasteiger charge is -2.38. The van der Waals surface area contributed by atoms with Crippen LogP contribution in [0.4, 0.5) is 0 Å². The lowest BCUT2D eigenvalue weighted by molar-refractivity contribution is -0.0627. The highest BCUT2D eigenvalue weighted by Crippen LogP contribution is 2.40. The van der Waals surface area contributed by atoms with Crippen molar-refractivity contribution < 1.29 is 14.9 Å². The molecule has 3 aromatic rings. The zero-order valence-corrected chi connectivity index (χ0v) is 20.9. The van der Waals surface area contributed by atoms with Gasteiger partial charge >= 0.3 is 0 Å². The Labute approximate surface area is 210 Å². The van der Waals surface area contributed by atoms with Gasteiger partial charge in [0.05, 0.1) is 0 Å². The number of phenols is 2. The van der Waals surface area contributed by atoms with Crippen molar-refractivity contribution in [2.75, 3.05) is 0 Å². The fourth-order valence-corrected chi connectivity index (χ4v) is 3.72. The number of hydrogen-bond donors (Lipinski definition) is 2. The number of aromatic hydroxyl groups is 2. The lowest BCUT2D eigenvalue weighted by atomic mass is 9.86. The SMILES string of the molecule is C=CC(C=C)(OC(C=C)(C=C)c1ccccc1)c1ccccc1.CC(C)(C)c1cc(O)ccc1O. The molecule has 0 aliphatic heterocycles. The maximum absolute atomic E-state index is 9.46. The molecule has 0 aromatic heterocycles. The summed E-state index contributed by atoms with van der Waals surface area (Å²) in [5.41, 5.74) is 0.840. The van der Waals surface area contributed by atoms with Crippen molar-refractivity contribution in [2.24, 2.45) is 0 Å². The Hall–Kier alpha value is -3.82. The first kappa shape index (κ1) is 27.4. The number of phenolic OH excluding ortho intramolecular Hbond substituents is 2. The molecule has 3 heteroatoms. The summed E-state index contributed by atoms with van der Waals surface area (Å²) < 4.78 is 6.52. The molecule has 0 atom stereocenters. The van der Waals surface area contributed by atoms with Gasteiger partial charge in [0.1, 0.15) is 22.7 Å². The van der Waals surface area contributed by atoms with Gasteiger partial charge in [0, 0.05) is 5.56 Å². The predicted octanol–water partition coefficient (Wildman–Crippen LogP) is 7.93. The van der Waals surface area contributed by atoms with Crippen molar-refractivity contribution in [2.45, 2.75) is 37.4 Å². The molecule has 0 unspecified atom stereocenters. The summed E-state index contributed by atoms with van der Waals surface area (Å²) in [6.45, 7) is 21.8. The second-order valence-corrected chi connectivity index (χ2v) is 9.19. The molecule has 3 aromatic carbocycles.